The van der Waals surface area contributed by atoms with Crippen molar-refractivity contribution < 1.29 is 4.42 Å². The number of hydrogen-bond acceptors (Lipinski definition) is 4. The van der Waals surface area contributed by atoms with Crippen molar-refractivity contribution in [2.45, 2.75) is 6.17 Å². The van der Waals surface area contributed by atoms with E-state index in [9.17, 15) is 0 Å². The largest absolute Gasteiger partial charge is 0.456 e. The van der Waals surface area contributed by atoms with Gasteiger partial charge in [-0.3, -0.25) is 4.99 Å². The van der Waals surface area contributed by atoms with E-state index in [2.05, 4.69) is 163 Å². The molecule has 1 aliphatic rings. The summed E-state index contributed by atoms with van der Waals surface area (Å²) < 4.78 is 7.56. The zero-order valence-electron chi connectivity index (χ0n) is 27.0. The molecule has 9 aromatic rings. The van der Waals surface area contributed by atoms with Crippen molar-refractivity contribution in [2.75, 3.05) is 5.32 Å². The van der Waals surface area contributed by atoms with Crippen molar-refractivity contribution in [2.24, 2.45) is 4.99 Å². The molecule has 3 heterocycles. The fourth-order valence-corrected chi connectivity index (χ4v) is 8.39. The van der Waals surface area contributed by atoms with Crippen LogP contribution in [0.4, 0.5) is 5.69 Å². The molecule has 1 N–H and O–H groups in total. The molecule has 0 amide bonds. The lowest BCUT2D eigenvalue weighted by molar-refractivity contribution is 0.669. The highest BCUT2D eigenvalue weighted by Crippen LogP contribution is 2.44. The summed E-state index contributed by atoms with van der Waals surface area (Å²) in [4.78, 5) is 6.68. The number of nitrogens with zero attached hydrogens (tertiary/aromatic N) is 1. The van der Waals surface area contributed by atoms with Crippen molar-refractivity contribution in [3.05, 3.63) is 186 Å². The summed E-state index contributed by atoms with van der Waals surface area (Å²) in [7, 11) is 0. The van der Waals surface area contributed by atoms with E-state index in [1.54, 1.807) is 11.3 Å². The number of nitrogens with one attached hydrogen (secondary N) is 1. The minimum atomic E-state index is -0.290. The molecule has 236 valence electrons. The number of para-hydroxylation sites is 1. The minimum Gasteiger partial charge on any atom is -0.456 e. The summed E-state index contributed by atoms with van der Waals surface area (Å²) in [6, 6.07) is 60.3. The van der Waals surface area contributed by atoms with Gasteiger partial charge in [0.2, 0.25) is 0 Å². The minimum absolute atomic E-state index is 0.290. The molecule has 10 rings (SSSR count). The second-order valence-corrected chi connectivity index (χ2v) is 13.8. The average molecular weight is 659 g/mol. The number of benzene rings is 7. The topological polar surface area (TPSA) is 37.5 Å². The Bertz CT molecular complexity index is 2720. The normalized spacial score (nSPS) is 14.1. The maximum absolute atomic E-state index is 6.31. The first kappa shape index (κ1) is 28.8. The van der Waals surface area contributed by atoms with Crippen molar-refractivity contribution in [1.82, 2.24) is 0 Å². The Morgan fingerprint density at radius 1 is 0.460 bits per heavy atom. The fourth-order valence-electron chi connectivity index (χ4n) is 7.21. The van der Waals surface area contributed by atoms with Gasteiger partial charge in [0.05, 0.1) is 16.3 Å². The van der Waals surface area contributed by atoms with Gasteiger partial charge in [-0.1, -0.05) is 127 Å². The molecule has 50 heavy (non-hydrogen) atoms. The zero-order chi connectivity index (χ0) is 33.0. The van der Waals surface area contributed by atoms with Crippen LogP contribution in [-0.4, -0.2) is 5.71 Å². The molecule has 7 aromatic carbocycles. The van der Waals surface area contributed by atoms with Gasteiger partial charge in [-0.15, -0.1) is 11.3 Å². The zero-order valence-corrected chi connectivity index (χ0v) is 27.8. The fraction of sp³-hybridized carbons (Fsp3) is 0.0217. The molecule has 0 spiro atoms. The quantitative estimate of drug-likeness (QED) is 0.200. The van der Waals surface area contributed by atoms with Gasteiger partial charge < -0.3 is 9.73 Å². The van der Waals surface area contributed by atoms with Crippen LogP contribution in [0.1, 0.15) is 22.2 Å². The molecule has 1 aliphatic heterocycles. The predicted octanol–water partition coefficient (Wildman–Crippen LogP) is 12.8. The Morgan fingerprint density at radius 3 is 1.82 bits per heavy atom. The summed E-state index contributed by atoms with van der Waals surface area (Å²) in [5.74, 6) is 0. The van der Waals surface area contributed by atoms with E-state index in [-0.39, 0.29) is 6.17 Å². The van der Waals surface area contributed by atoms with Crippen LogP contribution in [0.5, 0.6) is 0 Å². The highest BCUT2D eigenvalue weighted by molar-refractivity contribution is 7.22. The van der Waals surface area contributed by atoms with E-state index in [1.165, 1.54) is 31.7 Å². The van der Waals surface area contributed by atoms with Crippen LogP contribution in [0.2, 0.25) is 0 Å². The van der Waals surface area contributed by atoms with Crippen molar-refractivity contribution >= 4 is 54.8 Å². The Balaban J connectivity index is 1.13. The van der Waals surface area contributed by atoms with Gasteiger partial charge in [-0.05, 0) is 81.4 Å². The molecular formula is C46H30N2OS. The van der Waals surface area contributed by atoms with Gasteiger partial charge in [0.25, 0.3) is 0 Å². The van der Waals surface area contributed by atoms with Crippen LogP contribution in [0.15, 0.2) is 179 Å². The van der Waals surface area contributed by atoms with Crippen LogP contribution in [0, 0.1) is 0 Å². The van der Waals surface area contributed by atoms with Crippen molar-refractivity contribution in [3.63, 3.8) is 0 Å². The second-order valence-electron chi connectivity index (χ2n) is 12.8. The molecule has 4 heteroatoms. The van der Waals surface area contributed by atoms with Gasteiger partial charge in [0, 0.05) is 26.4 Å². The first-order chi connectivity index (χ1) is 24.7. The molecular weight excluding hydrogens is 629 g/mol. The Morgan fingerprint density at radius 2 is 1.04 bits per heavy atom. The molecule has 0 bridgehead atoms. The number of aliphatic imine (C=N–C) groups is 1. The van der Waals surface area contributed by atoms with E-state index in [0.717, 1.165) is 61.2 Å². The molecule has 1 unspecified atom stereocenters. The van der Waals surface area contributed by atoms with E-state index in [4.69, 9.17) is 9.41 Å². The van der Waals surface area contributed by atoms with Gasteiger partial charge in [0.15, 0.2) is 0 Å². The molecule has 0 saturated heterocycles. The molecule has 0 radical (unpaired) electrons. The summed E-state index contributed by atoms with van der Waals surface area (Å²) >= 11 is 1.80. The average Bonchev–Trinajstić information content (AvgIpc) is 3.76. The maximum Gasteiger partial charge on any atom is 0.145 e. The van der Waals surface area contributed by atoms with Crippen molar-refractivity contribution in [1.29, 1.82) is 0 Å². The second kappa shape index (κ2) is 11.7. The van der Waals surface area contributed by atoms with Crippen LogP contribution in [-0.2, 0) is 0 Å². The Hall–Kier alpha value is -6.23. The molecule has 0 saturated carbocycles. The first-order valence-corrected chi connectivity index (χ1v) is 17.7. The molecule has 2 aromatic heterocycles. The van der Waals surface area contributed by atoms with E-state index in [0.29, 0.717) is 0 Å². The number of rotatable bonds is 5. The van der Waals surface area contributed by atoms with Gasteiger partial charge >= 0.3 is 0 Å². The molecule has 0 aliphatic carbocycles. The van der Waals surface area contributed by atoms with Gasteiger partial charge in [-0.25, -0.2) is 0 Å². The first-order valence-electron chi connectivity index (χ1n) is 16.9. The third-order valence-corrected chi connectivity index (χ3v) is 10.9. The van der Waals surface area contributed by atoms with Gasteiger partial charge in [0.1, 0.15) is 17.3 Å². The molecule has 0 fully saturated rings. The standard InChI is InChI=1S/C46H30N2OS/c1-3-11-29(12-4-1)31-19-21-32(22-20-31)43-45-44(39-16-8-10-18-42(39)50-45)48-46(47-43)36-26-34(30-13-5-2-6-14-30)25-35(27-36)33-23-24-38-37-15-7-9-17-40(37)49-41(38)28-33/h1-28,46,48H. The van der Waals surface area contributed by atoms with Crippen molar-refractivity contribution in [3.8, 4) is 33.4 Å². The lowest BCUT2D eigenvalue weighted by atomic mass is 9.94. The SMILES string of the molecule is c1ccc(-c2ccc(C3=NC(c4cc(-c5ccccc5)cc(-c5ccc6c(c5)oc5ccccc56)c4)Nc4c3sc3ccccc43)cc2)cc1. The number of hydrogen-bond donors (Lipinski definition) is 1. The lowest BCUT2D eigenvalue weighted by Crippen LogP contribution is -2.19. The Labute approximate surface area is 293 Å². The monoisotopic (exact) mass is 658 g/mol. The third kappa shape index (κ3) is 4.92. The number of furan rings is 1. The molecule has 1 atom stereocenters. The lowest BCUT2D eigenvalue weighted by Gasteiger charge is -2.25. The summed E-state index contributed by atoms with van der Waals surface area (Å²) in [5.41, 5.74) is 13.1. The van der Waals surface area contributed by atoms with Crippen LogP contribution in [0.3, 0.4) is 0 Å². The maximum atomic E-state index is 6.31. The van der Waals surface area contributed by atoms with Crippen LogP contribution in [0.25, 0.3) is 65.4 Å². The number of anilines is 1. The summed E-state index contributed by atoms with van der Waals surface area (Å²) in [6.07, 6.45) is -0.290. The van der Waals surface area contributed by atoms with Crippen LogP contribution >= 0.6 is 11.3 Å². The predicted molar refractivity (Wildman–Crippen MR) is 210 cm³/mol. The van der Waals surface area contributed by atoms with Crippen LogP contribution < -0.4 is 5.32 Å². The molecule has 3 nitrogen and oxygen atoms in total. The highest BCUT2D eigenvalue weighted by Gasteiger charge is 2.27. The van der Waals surface area contributed by atoms with Gasteiger partial charge in [-0.2, -0.15) is 0 Å². The Kier molecular flexibility index (Phi) is 6.74. The van der Waals surface area contributed by atoms with E-state index >= 15 is 0 Å². The number of thiophene rings is 1. The highest BCUT2D eigenvalue weighted by atomic mass is 32.1. The number of fused-ring (bicyclic) bond motifs is 6. The smallest absolute Gasteiger partial charge is 0.145 e. The summed E-state index contributed by atoms with van der Waals surface area (Å²) in [5, 5.41) is 7.37. The summed E-state index contributed by atoms with van der Waals surface area (Å²) in [6.45, 7) is 0. The van der Waals surface area contributed by atoms with E-state index < -0.39 is 0 Å². The van der Waals surface area contributed by atoms with E-state index in [1.807, 2.05) is 12.1 Å². The third-order valence-electron chi connectivity index (χ3n) is 9.71.